The van der Waals surface area contributed by atoms with E-state index in [1.807, 2.05) is 32.0 Å². The van der Waals surface area contributed by atoms with Gasteiger partial charge in [-0.25, -0.2) is 0 Å². The minimum atomic E-state index is -0.0994. The second-order valence-corrected chi connectivity index (χ2v) is 4.11. The highest BCUT2D eigenvalue weighted by Gasteiger charge is 2.12. The van der Waals surface area contributed by atoms with Crippen LogP contribution in [-0.4, -0.2) is 18.7 Å². The molecule has 0 fully saturated rings. The Morgan fingerprint density at radius 2 is 2.12 bits per heavy atom. The number of rotatable bonds is 3. The van der Waals surface area contributed by atoms with E-state index in [0.29, 0.717) is 0 Å². The molecule has 4 heteroatoms. The Kier molecular flexibility index (Phi) is 3.32. The van der Waals surface area contributed by atoms with Gasteiger partial charge in [0.15, 0.2) is 11.5 Å². The van der Waals surface area contributed by atoms with Crippen LogP contribution in [0.15, 0.2) is 24.3 Å². The van der Waals surface area contributed by atoms with Crippen molar-refractivity contribution in [2.45, 2.75) is 19.9 Å². The molecule has 4 nitrogen and oxygen atoms in total. The van der Waals surface area contributed by atoms with Crippen LogP contribution in [0.5, 0.6) is 11.5 Å². The number of hydrogen-bond donors (Lipinski definition) is 1. The summed E-state index contributed by atoms with van der Waals surface area (Å²) >= 11 is 0. The molecule has 1 aliphatic rings. The van der Waals surface area contributed by atoms with E-state index in [1.54, 1.807) is 6.08 Å². The van der Waals surface area contributed by atoms with Crippen molar-refractivity contribution in [2.75, 3.05) is 6.79 Å². The first-order chi connectivity index (χ1) is 8.15. The summed E-state index contributed by atoms with van der Waals surface area (Å²) in [5.74, 6) is 1.36. The SMILES string of the molecule is CC(C)NC(=O)C=Cc1ccc2c(c1)OCO2. The molecule has 1 heterocycles. The molecule has 1 aromatic rings. The van der Waals surface area contributed by atoms with Crippen LogP contribution in [0.2, 0.25) is 0 Å². The van der Waals surface area contributed by atoms with E-state index in [-0.39, 0.29) is 18.7 Å². The van der Waals surface area contributed by atoms with E-state index < -0.39 is 0 Å². The van der Waals surface area contributed by atoms with Gasteiger partial charge in [0.1, 0.15) is 0 Å². The maximum atomic E-state index is 11.4. The molecular formula is C13H15NO3. The van der Waals surface area contributed by atoms with Crippen molar-refractivity contribution < 1.29 is 14.3 Å². The first-order valence-electron chi connectivity index (χ1n) is 5.53. The Bertz CT molecular complexity index is 452. The van der Waals surface area contributed by atoms with Gasteiger partial charge in [0.2, 0.25) is 12.7 Å². The Morgan fingerprint density at radius 3 is 2.88 bits per heavy atom. The normalized spacial score (nSPS) is 13.4. The summed E-state index contributed by atoms with van der Waals surface area (Å²) in [6, 6.07) is 5.71. The molecule has 0 aliphatic carbocycles. The van der Waals surface area contributed by atoms with Crippen LogP contribution < -0.4 is 14.8 Å². The van der Waals surface area contributed by atoms with Gasteiger partial charge in [-0.1, -0.05) is 6.07 Å². The minimum Gasteiger partial charge on any atom is -0.454 e. The number of ether oxygens (including phenoxy) is 2. The number of hydrogen-bond acceptors (Lipinski definition) is 3. The van der Waals surface area contributed by atoms with Crippen LogP contribution >= 0.6 is 0 Å². The zero-order valence-electron chi connectivity index (χ0n) is 9.90. The van der Waals surface area contributed by atoms with Gasteiger partial charge in [0, 0.05) is 12.1 Å². The second-order valence-electron chi connectivity index (χ2n) is 4.11. The lowest BCUT2D eigenvalue weighted by Gasteiger charge is -2.04. The number of carbonyl (C=O) groups excluding carboxylic acids is 1. The monoisotopic (exact) mass is 233 g/mol. The van der Waals surface area contributed by atoms with Crippen molar-refractivity contribution in [2.24, 2.45) is 0 Å². The lowest BCUT2D eigenvalue weighted by atomic mass is 10.2. The van der Waals surface area contributed by atoms with Crippen LogP contribution in [0.25, 0.3) is 6.08 Å². The highest BCUT2D eigenvalue weighted by atomic mass is 16.7. The molecule has 1 N–H and O–H groups in total. The van der Waals surface area contributed by atoms with E-state index in [9.17, 15) is 4.79 Å². The van der Waals surface area contributed by atoms with Gasteiger partial charge in [-0.2, -0.15) is 0 Å². The van der Waals surface area contributed by atoms with Crippen molar-refractivity contribution in [3.63, 3.8) is 0 Å². The molecule has 1 aliphatic heterocycles. The highest BCUT2D eigenvalue weighted by molar-refractivity contribution is 5.91. The standard InChI is InChI=1S/C13H15NO3/c1-9(2)14-13(15)6-4-10-3-5-11-12(7-10)17-8-16-11/h3-7,9H,8H2,1-2H3,(H,14,15). The fourth-order valence-electron chi connectivity index (χ4n) is 1.52. The van der Waals surface area contributed by atoms with Gasteiger partial charge < -0.3 is 14.8 Å². The number of amides is 1. The van der Waals surface area contributed by atoms with Crippen LogP contribution in [0.4, 0.5) is 0 Å². The first-order valence-corrected chi connectivity index (χ1v) is 5.53. The average molecular weight is 233 g/mol. The molecular weight excluding hydrogens is 218 g/mol. The lowest BCUT2D eigenvalue weighted by Crippen LogP contribution is -2.28. The lowest BCUT2D eigenvalue weighted by molar-refractivity contribution is -0.116. The quantitative estimate of drug-likeness (QED) is 0.812. The largest absolute Gasteiger partial charge is 0.454 e. The maximum absolute atomic E-state index is 11.4. The van der Waals surface area contributed by atoms with Crippen LogP contribution in [0, 0.1) is 0 Å². The molecule has 1 amide bonds. The summed E-state index contributed by atoms with van der Waals surface area (Å²) in [7, 11) is 0. The fourth-order valence-corrected chi connectivity index (χ4v) is 1.52. The Morgan fingerprint density at radius 1 is 1.35 bits per heavy atom. The Hall–Kier alpha value is -1.97. The van der Waals surface area contributed by atoms with Crippen molar-refractivity contribution in [3.8, 4) is 11.5 Å². The Labute approximate surface area is 100 Å². The molecule has 0 aromatic heterocycles. The van der Waals surface area contributed by atoms with Gasteiger partial charge in [-0.05, 0) is 37.6 Å². The topological polar surface area (TPSA) is 47.6 Å². The predicted molar refractivity (Wildman–Crippen MR) is 64.9 cm³/mol. The summed E-state index contributed by atoms with van der Waals surface area (Å²) in [5.41, 5.74) is 0.910. The molecule has 1 aromatic carbocycles. The Balaban J connectivity index is 2.04. The van der Waals surface area contributed by atoms with Crippen LogP contribution in [0.3, 0.4) is 0 Å². The smallest absolute Gasteiger partial charge is 0.244 e. The molecule has 2 rings (SSSR count). The van der Waals surface area contributed by atoms with Crippen molar-refractivity contribution in [1.82, 2.24) is 5.32 Å². The molecule has 0 spiro atoms. The molecule has 0 saturated carbocycles. The van der Waals surface area contributed by atoms with Crippen molar-refractivity contribution in [3.05, 3.63) is 29.8 Å². The molecule has 90 valence electrons. The van der Waals surface area contributed by atoms with Gasteiger partial charge in [0.05, 0.1) is 0 Å². The van der Waals surface area contributed by atoms with Gasteiger partial charge >= 0.3 is 0 Å². The maximum Gasteiger partial charge on any atom is 0.244 e. The fraction of sp³-hybridized carbons (Fsp3) is 0.308. The molecule has 0 radical (unpaired) electrons. The van der Waals surface area contributed by atoms with E-state index in [4.69, 9.17) is 9.47 Å². The first kappa shape index (κ1) is 11.5. The predicted octanol–water partition coefficient (Wildman–Crippen LogP) is 1.95. The molecule has 0 atom stereocenters. The van der Waals surface area contributed by atoms with Crippen molar-refractivity contribution in [1.29, 1.82) is 0 Å². The van der Waals surface area contributed by atoms with E-state index in [2.05, 4.69) is 5.32 Å². The molecule has 0 unspecified atom stereocenters. The molecule has 17 heavy (non-hydrogen) atoms. The number of nitrogens with one attached hydrogen (secondary N) is 1. The zero-order valence-corrected chi connectivity index (χ0v) is 9.90. The van der Waals surface area contributed by atoms with Crippen molar-refractivity contribution >= 4 is 12.0 Å². The third-order valence-electron chi connectivity index (χ3n) is 2.25. The average Bonchev–Trinajstić information content (AvgIpc) is 2.72. The van der Waals surface area contributed by atoms with Gasteiger partial charge in [-0.3, -0.25) is 4.79 Å². The molecule has 0 saturated heterocycles. The van der Waals surface area contributed by atoms with Crippen LogP contribution in [0.1, 0.15) is 19.4 Å². The highest BCUT2D eigenvalue weighted by Crippen LogP contribution is 2.32. The minimum absolute atomic E-state index is 0.0994. The van der Waals surface area contributed by atoms with E-state index in [1.165, 1.54) is 6.08 Å². The summed E-state index contributed by atoms with van der Waals surface area (Å²) in [6.45, 7) is 4.11. The third-order valence-corrected chi connectivity index (χ3v) is 2.25. The second kappa shape index (κ2) is 4.91. The third kappa shape index (κ3) is 3.00. The number of fused-ring (bicyclic) bond motifs is 1. The van der Waals surface area contributed by atoms with Crippen LogP contribution in [-0.2, 0) is 4.79 Å². The van der Waals surface area contributed by atoms with E-state index in [0.717, 1.165) is 17.1 Å². The summed E-state index contributed by atoms with van der Waals surface area (Å²) in [5, 5.41) is 2.78. The van der Waals surface area contributed by atoms with E-state index >= 15 is 0 Å². The summed E-state index contributed by atoms with van der Waals surface area (Å²) in [4.78, 5) is 11.4. The zero-order chi connectivity index (χ0) is 12.3. The number of benzene rings is 1. The number of carbonyl (C=O) groups is 1. The van der Waals surface area contributed by atoms with Gasteiger partial charge in [0.25, 0.3) is 0 Å². The van der Waals surface area contributed by atoms with Gasteiger partial charge in [-0.15, -0.1) is 0 Å². The molecule has 0 bridgehead atoms. The summed E-state index contributed by atoms with van der Waals surface area (Å²) in [6.07, 6.45) is 3.26. The summed E-state index contributed by atoms with van der Waals surface area (Å²) < 4.78 is 10.5.